The second-order valence-electron chi connectivity index (χ2n) is 6.25. The average molecular weight is 334 g/mol. The van der Waals surface area contributed by atoms with Crippen LogP contribution in [0.5, 0.6) is 0 Å². The normalized spacial score (nSPS) is 12.4. The van der Waals surface area contributed by atoms with Gasteiger partial charge in [-0.2, -0.15) is 0 Å². The van der Waals surface area contributed by atoms with Gasteiger partial charge in [0.05, 0.1) is 0 Å². The van der Waals surface area contributed by atoms with Gasteiger partial charge in [-0.3, -0.25) is 0 Å². The predicted molar refractivity (Wildman–Crippen MR) is 100 cm³/mol. The van der Waals surface area contributed by atoms with E-state index in [0.717, 1.165) is 16.7 Å². The van der Waals surface area contributed by atoms with Crippen molar-refractivity contribution in [3.63, 3.8) is 0 Å². The third-order valence-corrected chi connectivity index (χ3v) is 4.31. The smallest absolute Gasteiger partial charge is 0.127 e. The summed E-state index contributed by atoms with van der Waals surface area (Å²) in [6.07, 6.45) is 4.35. The summed E-state index contributed by atoms with van der Waals surface area (Å²) in [4.78, 5) is 0. The summed E-state index contributed by atoms with van der Waals surface area (Å²) in [6, 6.07) is 21.7. The maximum atomic E-state index is 14.4. The summed E-state index contributed by atoms with van der Waals surface area (Å²) in [5.41, 5.74) is 3.60. The van der Waals surface area contributed by atoms with Gasteiger partial charge < -0.3 is 0 Å². The zero-order chi connectivity index (χ0) is 17.6. The fourth-order valence-electron chi connectivity index (χ4n) is 2.83. The van der Waals surface area contributed by atoms with Crippen molar-refractivity contribution in [3.05, 3.63) is 107 Å². The van der Waals surface area contributed by atoms with E-state index >= 15 is 0 Å². The van der Waals surface area contributed by atoms with Crippen LogP contribution in [0.2, 0.25) is 0 Å². The monoisotopic (exact) mass is 334 g/mol. The predicted octanol–water partition coefficient (Wildman–Crippen LogP) is 6.48. The lowest BCUT2D eigenvalue weighted by Gasteiger charge is -2.13. The molecule has 0 saturated heterocycles. The lowest BCUT2D eigenvalue weighted by molar-refractivity contribution is 0.597. The van der Waals surface area contributed by atoms with Crippen LogP contribution < -0.4 is 0 Å². The van der Waals surface area contributed by atoms with Crippen molar-refractivity contribution >= 4 is 12.2 Å². The third kappa shape index (κ3) is 4.63. The number of halogens is 2. The number of hydrogen-bond donors (Lipinski definition) is 0. The molecule has 1 atom stereocenters. The van der Waals surface area contributed by atoms with E-state index in [1.54, 1.807) is 18.2 Å². The van der Waals surface area contributed by atoms with E-state index in [9.17, 15) is 8.78 Å². The number of benzene rings is 3. The van der Waals surface area contributed by atoms with E-state index in [0.29, 0.717) is 6.42 Å². The van der Waals surface area contributed by atoms with Crippen molar-refractivity contribution in [2.45, 2.75) is 19.3 Å². The van der Waals surface area contributed by atoms with Crippen LogP contribution in [0.15, 0.2) is 72.8 Å². The largest absolute Gasteiger partial charge is 0.207 e. The van der Waals surface area contributed by atoms with Gasteiger partial charge in [0.2, 0.25) is 0 Å². The fourth-order valence-corrected chi connectivity index (χ4v) is 2.83. The topological polar surface area (TPSA) is 0 Å². The molecule has 0 aliphatic heterocycles. The molecule has 0 N–H and O–H groups in total. The molecular formula is C23H20F2. The molecule has 0 unspecified atom stereocenters. The van der Waals surface area contributed by atoms with Gasteiger partial charge in [-0.15, -0.1) is 0 Å². The molecular weight excluding hydrogens is 314 g/mol. The standard InChI is InChI=1S/C23H20F2/c1-17(20-5-3-2-4-6-20)15-21-12-9-19(16-23(21)25)8-7-18-10-13-22(24)14-11-18/h2-14,16-17H,15H2,1H3/t17-/m0/s1. The van der Waals surface area contributed by atoms with Gasteiger partial charge in [-0.1, -0.05) is 73.7 Å². The summed E-state index contributed by atoms with van der Waals surface area (Å²) in [5, 5.41) is 0. The van der Waals surface area contributed by atoms with Gasteiger partial charge in [0, 0.05) is 0 Å². The molecule has 25 heavy (non-hydrogen) atoms. The molecule has 126 valence electrons. The van der Waals surface area contributed by atoms with Crippen LogP contribution >= 0.6 is 0 Å². The Labute approximate surface area is 147 Å². The third-order valence-electron chi connectivity index (χ3n) is 4.31. The van der Waals surface area contributed by atoms with Gasteiger partial charge in [-0.25, -0.2) is 8.78 Å². The van der Waals surface area contributed by atoms with Crippen molar-refractivity contribution in [1.82, 2.24) is 0 Å². The first-order valence-electron chi connectivity index (χ1n) is 8.39. The van der Waals surface area contributed by atoms with Crippen LogP contribution in [0, 0.1) is 11.6 Å². The first-order chi connectivity index (χ1) is 12.1. The average Bonchev–Trinajstić information content (AvgIpc) is 2.64. The number of rotatable bonds is 5. The Kier molecular flexibility index (Phi) is 5.39. The Balaban J connectivity index is 1.71. The van der Waals surface area contributed by atoms with Crippen LogP contribution in [0.1, 0.15) is 35.1 Å². The molecule has 0 nitrogen and oxygen atoms in total. The summed E-state index contributed by atoms with van der Waals surface area (Å²) in [7, 11) is 0. The zero-order valence-corrected chi connectivity index (χ0v) is 14.1. The van der Waals surface area contributed by atoms with Crippen molar-refractivity contribution in [1.29, 1.82) is 0 Å². The summed E-state index contributed by atoms with van der Waals surface area (Å²) in [5.74, 6) is -0.194. The molecule has 0 bridgehead atoms. The van der Waals surface area contributed by atoms with Gasteiger partial charge in [0.1, 0.15) is 11.6 Å². The molecule has 2 heteroatoms. The SMILES string of the molecule is C[C@@H](Cc1ccc(C=Cc2ccc(F)cc2)cc1F)c1ccccc1. The van der Waals surface area contributed by atoms with Crippen molar-refractivity contribution in [2.75, 3.05) is 0 Å². The zero-order valence-electron chi connectivity index (χ0n) is 14.1. The second-order valence-corrected chi connectivity index (χ2v) is 6.25. The summed E-state index contributed by atoms with van der Waals surface area (Å²) in [6.45, 7) is 2.11. The Hall–Kier alpha value is -2.74. The molecule has 0 radical (unpaired) electrons. The summed E-state index contributed by atoms with van der Waals surface area (Å²) >= 11 is 0. The van der Waals surface area contributed by atoms with Crippen LogP contribution in [-0.4, -0.2) is 0 Å². The first-order valence-corrected chi connectivity index (χ1v) is 8.39. The molecule has 0 fully saturated rings. The van der Waals surface area contributed by atoms with E-state index in [1.165, 1.54) is 17.7 Å². The minimum absolute atomic E-state index is 0.191. The highest BCUT2D eigenvalue weighted by molar-refractivity contribution is 5.69. The first kappa shape index (κ1) is 17.1. The molecule has 3 aromatic rings. The molecule has 0 saturated carbocycles. The molecule has 0 amide bonds. The maximum Gasteiger partial charge on any atom is 0.127 e. The molecule has 0 aliphatic rings. The van der Waals surface area contributed by atoms with Crippen molar-refractivity contribution in [2.24, 2.45) is 0 Å². The Morgan fingerprint density at radius 2 is 1.44 bits per heavy atom. The lowest BCUT2D eigenvalue weighted by Crippen LogP contribution is -2.00. The van der Waals surface area contributed by atoms with Gasteiger partial charge in [0.25, 0.3) is 0 Å². The van der Waals surface area contributed by atoms with Gasteiger partial charge in [-0.05, 0) is 52.8 Å². The quantitative estimate of drug-likeness (QED) is 0.468. The summed E-state index contributed by atoms with van der Waals surface area (Å²) < 4.78 is 27.3. The molecule has 3 aromatic carbocycles. The van der Waals surface area contributed by atoms with E-state index in [1.807, 2.05) is 42.5 Å². The van der Waals surface area contributed by atoms with Crippen LogP contribution in [0.25, 0.3) is 12.2 Å². The van der Waals surface area contributed by atoms with Crippen LogP contribution in [0.3, 0.4) is 0 Å². The van der Waals surface area contributed by atoms with Crippen molar-refractivity contribution in [3.8, 4) is 0 Å². The Morgan fingerprint density at radius 3 is 2.12 bits per heavy atom. The molecule has 0 spiro atoms. The van der Waals surface area contributed by atoms with E-state index < -0.39 is 0 Å². The molecule has 3 rings (SSSR count). The van der Waals surface area contributed by atoms with Crippen LogP contribution in [0.4, 0.5) is 8.78 Å². The molecule has 0 heterocycles. The van der Waals surface area contributed by atoms with Gasteiger partial charge >= 0.3 is 0 Å². The minimum Gasteiger partial charge on any atom is -0.207 e. The van der Waals surface area contributed by atoms with E-state index in [-0.39, 0.29) is 17.6 Å². The van der Waals surface area contributed by atoms with Crippen LogP contribution in [-0.2, 0) is 6.42 Å². The Morgan fingerprint density at radius 1 is 0.800 bits per heavy atom. The molecule has 0 aromatic heterocycles. The second kappa shape index (κ2) is 7.89. The molecule has 0 aliphatic carbocycles. The van der Waals surface area contributed by atoms with Crippen molar-refractivity contribution < 1.29 is 8.78 Å². The van der Waals surface area contributed by atoms with E-state index in [2.05, 4.69) is 19.1 Å². The highest BCUT2D eigenvalue weighted by Gasteiger charge is 2.10. The Bertz CT molecular complexity index is 849. The lowest BCUT2D eigenvalue weighted by atomic mass is 9.93. The van der Waals surface area contributed by atoms with E-state index in [4.69, 9.17) is 0 Å². The maximum absolute atomic E-state index is 14.4. The number of hydrogen-bond acceptors (Lipinski definition) is 0. The highest BCUT2D eigenvalue weighted by atomic mass is 19.1. The fraction of sp³-hybridized carbons (Fsp3) is 0.130. The highest BCUT2D eigenvalue weighted by Crippen LogP contribution is 2.23. The van der Waals surface area contributed by atoms with Gasteiger partial charge in [0.15, 0.2) is 0 Å². The minimum atomic E-state index is -0.264.